The van der Waals surface area contributed by atoms with Crippen LogP contribution >= 0.6 is 39.1 Å². The fourth-order valence-corrected chi connectivity index (χ4v) is 3.99. The third-order valence-electron chi connectivity index (χ3n) is 4.76. The molecule has 168 valence electrons. The highest BCUT2D eigenvalue weighted by atomic mass is 79.9. The van der Waals surface area contributed by atoms with Crippen molar-refractivity contribution >= 4 is 56.4 Å². The molecule has 0 aromatic heterocycles. The molecule has 0 aliphatic carbocycles. The van der Waals surface area contributed by atoms with Crippen LogP contribution in [0.25, 0.3) is 0 Å². The van der Waals surface area contributed by atoms with Crippen LogP contribution < -0.4 is 20.1 Å². The highest BCUT2D eigenvalue weighted by Gasteiger charge is 2.14. The summed E-state index contributed by atoms with van der Waals surface area (Å²) in [5.74, 6) is 0.433. The lowest BCUT2D eigenvalue weighted by Gasteiger charge is -2.15. The first-order valence-electron chi connectivity index (χ1n) is 9.82. The molecule has 3 rings (SSSR count). The number of methoxy groups -OCH3 is 1. The summed E-state index contributed by atoms with van der Waals surface area (Å²) in [6.07, 6.45) is 0. The Morgan fingerprint density at radius 1 is 1.00 bits per heavy atom. The topological polar surface area (TPSA) is 59.6 Å². The number of rotatable bonds is 8. The molecule has 0 unspecified atom stereocenters. The number of anilines is 2. The fourth-order valence-electron chi connectivity index (χ4n) is 3.04. The Kier molecular flexibility index (Phi) is 8.29. The molecule has 0 radical (unpaired) electrons. The number of aryl methyl sites for hydroxylation is 2. The Labute approximate surface area is 206 Å². The number of hydrogen-bond acceptors (Lipinski definition) is 4. The van der Waals surface area contributed by atoms with Crippen molar-refractivity contribution < 1.29 is 14.3 Å². The molecule has 0 atom stereocenters. The molecule has 2 N–H and O–H groups in total. The molecule has 0 fully saturated rings. The van der Waals surface area contributed by atoms with Gasteiger partial charge in [-0.25, -0.2) is 0 Å². The minimum Gasteiger partial charge on any atom is -0.493 e. The number of carbonyl (C=O) groups excluding carboxylic acids is 1. The zero-order valence-corrected chi connectivity index (χ0v) is 21.0. The molecule has 0 heterocycles. The Morgan fingerprint density at radius 2 is 1.78 bits per heavy atom. The third-order valence-corrected chi connectivity index (χ3v) is 5.95. The summed E-state index contributed by atoms with van der Waals surface area (Å²) < 4.78 is 12.1. The number of ether oxygens (including phenoxy) is 2. The molecule has 0 saturated heterocycles. The van der Waals surface area contributed by atoms with E-state index in [1.165, 1.54) is 7.11 Å². The number of amides is 1. The second-order valence-corrected chi connectivity index (χ2v) is 8.95. The number of hydrogen-bond donors (Lipinski definition) is 2. The van der Waals surface area contributed by atoms with E-state index < -0.39 is 0 Å². The average molecular weight is 538 g/mol. The van der Waals surface area contributed by atoms with Crippen LogP contribution in [-0.2, 0) is 11.3 Å². The van der Waals surface area contributed by atoms with Crippen molar-refractivity contribution in [3.05, 3.63) is 79.7 Å². The number of halogens is 3. The van der Waals surface area contributed by atoms with E-state index in [4.69, 9.17) is 32.7 Å². The Hall–Kier alpha value is -2.41. The summed E-state index contributed by atoms with van der Waals surface area (Å²) in [4.78, 5) is 12.3. The lowest BCUT2D eigenvalue weighted by atomic mass is 10.1. The highest BCUT2D eigenvalue weighted by molar-refractivity contribution is 9.10. The molecule has 0 aliphatic heterocycles. The van der Waals surface area contributed by atoms with Crippen LogP contribution in [-0.4, -0.2) is 19.6 Å². The van der Waals surface area contributed by atoms with Gasteiger partial charge in [-0.2, -0.15) is 0 Å². The van der Waals surface area contributed by atoms with Gasteiger partial charge in [-0.3, -0.25) is 4.79 Å². The van der Waals surface area contributed by atoms with Gasteiger partial charge in [-0.15, -0.1) is 0 Å². The predicted octanol–water partition coefficient (Wildman–Crippen LogP) is 7.01. The fraction of sp³-hybridized carbons (Fsp3) is 0.208. The van der Waals surface area contributed by atoms with E-state index in [1.807, 2.05) is 44.2 Å². The van der Waals surface area contributed by atoms with E-state index in [0.717, 1.165) is 26.9 Å². The van der Waals surface area contributed by atoms with Crippen molar-refractivity contribution in [3.63, 3.8) is 0 Å². The molecular weight excluding hydrogens is 515 g/mol. The summed E-state index contributed by atoms with van der Waals surface area (Å²) in [5, 5.41) is 7.08. The molecule has 8 heteroatoms. The first-order chi connectivity index (χ1) is 15.3. The SMILES string of the molecule is COc1cc(CNc2ccc(Br)cc2C)cc(Cl)c1OCC(=O)Nc1ccc(C)c(Cl)c1. The zero-order chi connectivity index (χ0) is 23.3. The molecule has 1 amide bonds. The van der Waals surface area contributed by atoms with E-state index in [2.05, 4.69) is 26.6 Å². The molecule has 0 aliphatic rings. The maximum Gasteiger partial charge on any atom is 0.262 e. The molecule has 0 bridgehead atoms. The van der Waals surface area contributed by atoms with Crippen molar-refractivity contribution in [2.24, 2.45) is 0 Å². The van der Waals surface area contributed by atoms with Crippen molar-refractivity contribution in [3.8, 4) is 11.5 Å². The van der Waals surface area contributed by atoms with Gasteiger partial charge in [-0.1, -0.05) is 45.2 Å². The normalized spacial score (nSPS) is 10.6. The quantitative estimate of drug-likeness (QED) is 0.324. The molecule has 3 aromatic rings. The van der Waals surface area contributed by atoms with Crippen LogP contribution in [0.2, 0.25) is 10.0 Å². The second-order valence-electron chi connectivity index (χ2n) is 7.22. The first-order valence-corrected chi connectivity index (χ1v) is 11.4. The minimum atomic E-state index is -0.334. The van der Waals surface area contributed by atoms with Gasteiger partial charge in [0.25, 0.3) is 5.91 Å². The van der Waals surface area contributed by atoms with Crippen LogP contribution in [0.3, 0.4) is 0 Å². The van der Waals surface area contributed by atoms with Crippen molar-refractivity contribution in [1.29, 1.82) is 0 Å². The largest absolute Gasteiger partial charge is 0.493 e. The monoisotopic (exact) mass is 536 g/mol. The van der Waals surface area contributed by atoms with Gasteiger partial charge in [0, 0.05) is 27.4 Å². The lowest BCUT2D eigenvalue weighted by Crippen LogP contribution is -2.20. The van der Waals surface area contributed by atoms with Crippen LogP contribution in [0, 0.1) is 13.8 Å². The summed E-state index contributed by atoms with van der Waals surface area (Å²) >= 11 is 16.0. The second kappa shape index (κ2) is 10.9. The number of carbonyl (C=O) groups is 1. The molecule has 32 heavy (non-hydrogen) atoms. The predicted molar refractivity (Wildman–Crippen MR) is 135 cm³/mol. The maximum absolute atomic E-state index is 12.3. The van der Waals surface area contributed by atoms with Crippen molar-refractivity contribution in [2.45, 2.75) is 20.4 Å². The van der Waals surface area contributed by atoms with Gasteiger partial charge in [0.05, 0.1) is 12.1 Å². The average Bonchev–Trinajstić information content (AvgIpc) is 2.74. The van der Waals surface area contributed by atoms with Crippen LogP contribution in [0.15, 0.2) is 53.0 Å². The number of benzene rings is 3. The van der Waals surface area contributed by atoms with Gasteiger partial charge < -0.3 is 20.1 Å². The Bertz CT molecular complexity index is 1140. The van der Waals surface area contributed by atoms with E-state index in [-0.39, 0.29) is 12.5 Å². The van der Waals surface area contributed by atoms with Crippen molar-refractivity contribution in [1.82, 2.24) is 0 Å². The van der Waals surface area contributed by atoms with Gasteiger partial charge in [-0.05, 0) is 73.0 Å². The minimum absolute atomic E-state index is 0.225. The van der Waals surface area contributed by atoms with Gasteiger partial charge in [0.15, 0.2) is 18.1 Å². The van der Waals surface area contributed by atoms with Gasteiger partial charge >= 0.3 is 0 Å². The molecule has 0 spiro atoms. The smallest absolute Gasteiger partial charge is 0.262 e. The van der Waals surface area contributed by atoms with Crippen LogP contribution in [0.5, 0.6) is 11.5 Å². The molecule has 5 nitrogen and oxygen atoms in total. The summed E-state index contributed by atoms with van der Waals surface area (Å²) in [7, 11) is 1.53. The summed E-state index contributed by atoms with van der Waals surface area (Å²) in [5.41, 5.74) is 4.59. The third kappa shape index (κ3) is 6.31. The van der Waals surface area contributed by atoms with Gasteiger partial charge in [0.2, 0.25) is 0 Å². The van der Waals surface area contributed by atoms with Crippen molar-refractivity contribution in [2.75, 3.05) is 24.4 Å². The lowest BCUT2D eigenvalue weighted by molar-refractivity contribution is -0.118. The van der Waals surface area contributed by atoms with Crippen LogP contribution in [0.4, 0.5) is 11.4 Å². The zero-order valence-electron chi connectivity index (χ0n) is 17.9. The van der Waals surface area contributed by atoms with E-state index in [0.29, 0.717) is 33.8 Å². The standard InChI is InChI=1S/C24H23BrCl2N2O3/c1-14-4-6-18(11-19(14)26)29-23(30)13-32-24-20(27)9-16(10-22(24)31-3)12-28-21-7-5-17(25)8-15(21)2/h4-11,28H,12-13H2,1-3H3,(H,29,30). The van der Waals surface area contributed by atoms with Crippen LogP contribution in [0.1, 0.15) is 16.7 Å². The molecule has 3 aromatic carbocycles. The van der Waals surface area contributed by atoms with E-state index >= 15 is 0 Å². The molecular formula is C24H23BrCl2N2O3. The van der Waals surface area contributed by atoms with Gasteiger partial charge in [0.1, 0.15) is 0 Å². The highest BCUT2D eigenvalue weighted by Crippen LogP contribution is 2.37. The Balaban J connectivity index is 1.65. The summed E-state index contributed by atoms with van der Waals surface area (Å²) in [6.45, 7) is 4.25. The number of nitrogens with one attached hydrogen (secondary N) is 2. The summed E-state index contributed by atoms with van der Waals surface area (Å²) in [6, 6.07) is 15.0. The maximum atomic E-state index is 12.3. The first kappa shape index (κ1) is 24.2. The molecule has 0 saturated carbocycles. The van der Waals surface area contributed by atoms with E-state index in [1.54, 1.807) is 18.2 Å². The van der Waals surface area contributed by atoms with E-state index in [9.17, 15) is 4.79 Å². The Morgan fingerprint density at radius 3 is 2.47 bits per heavy atom.